The first kappa shape index (κ1) is 15.8. The number of nitrogens with one attached hydrogen (secondary N) is 1. The lowest BCUT2D eigenvalue weighted by Gasteiger charge is -2.23. The molecule has 0 radical (unpaired) electrons. The Kier molecular flexibility index (Phi) is 4.98. The number of carboxylic acids is 1. The lowest BCUT2D eigenvalue weighted by Crippen LogP contribution is -2.42. The molecule has 2 N–H and O–H groups in total. The summed E-state index contributed by atoms with van der Waals surface area (Å²) in [4.78, 5) is 34.8. The van der Waals surface area contributed by atoms with Crippen LogP contribution in [0.25, 0.3) is 0 Å². The van der Waals surface area contributed by atoms with Gasteiger partial charge < -0.3 is 19.9 Å². The van der Waals surface area contributed by atoms with Crippen molar-refractivity contribution in [1.82, 2.24) is 0 Å². The Balaban J connectivity index is 2.95. The van der Waals surface area contributed by atoms with Gasteiger partial charge in [-0.25, -0.2) is 14.4 Å². The number of hydrogen-bond donors (Lipinski definition) is 2. The van der Waals surface area contributed by atoms with Gasteiger partial charge in [-0.05, 0) is 38.9 Å². The number of benzene rings is 1. The molecule has 0 aromatic heterocycles. The summed E-state index contributed by atoms with van der Waals surface area (Å²) in [6.07, 6.45) is 0. The van der Waals surface area contributed by atoms with Crippen molar-refractivity contribution >= 4 is 23.6 Å². The van der Waals surface area contributed by atoms with Gasteiger partial charge in [-0.15, -0.1) is 0 Å². The van der Waals surface area contributed by atoms with Crippen LogP contribution in [-0.4, -0.2) is 41.8 Å². The number of hydrogen-bond acceptors (Lipinski definition) is 6. The van der Waals surface area contributed by atoms with Crippen molar-refractivity contribution in [2.75, 3.05) is 12.4 Å². The summed E-state index contributed by atoms with van der Waals surface area (Å²) in [7, 11) is 1.22. The van der Waals surface area contributed by atoms with E-state index in [-0.39, 0.29) is 18.2 Å². The highest BCUT2D eigenvalue weighted by Crippen LogP contribution is 2.15. The first-order valence-electron chi connectivity index (χ1n) is 7.10. The van der Waals surface area contributed by atoms with E-state index >= 15 is 0 Å². The van der Waals surface area contributed by atoms with Crippen molar-refractivity contribution in [1.29, 1.82) is 0 Å². The molecule has 120 valence electrons. The Hall–Kier alpha value is -2.57. The predicted molar refractivity (Wildman–Crippen MR) is 78.7 cm³/mol. The van der Waals surface area contributed by atoms with Gasteiger partial charge in [0, 0.05) is 7.06 Å². The topological polar surface area (TPSA) is 102 Å². The molecule has 0 heterocycles. The quantitative estimate of drug-likeness (QED) is 0.630. The van der Waals surface area contributed by atoms with Crippen LogP contribution in [0.3, 0.4) is 0 Å². The van der Waals surface area contributed by atoms with Gasteiger partial charge in [0.25, 0.3) is 0 Å². The molecule has 22 heavy (non-hydrogen) atoms. The number of aliphatic carboxylic acids is 1. The molecule has 1 unspecified atom stereocenters. The van der Waals surface area contributed by atoms with Crippen molar-refractivity contribution < 1.29 is 30.3 Å². The van der Waals surface area contributed by atoms with Gasteiger partial charge in [-0.2, -0.15) is 0 Å². The Morgan fingerprint density at radius 2 is 2.05 bits per heavy atom. The lowest BCUT2D eigenvalue weighted by atomic mass is 10.1. The maximum atomic E-state index is 12.0. The number of ether oxygens (including phenoxy) is 2. The van der Waals surface area contributed by atoms with Gasteiger partial charge >= 0.3 is 17.9 Å². The number of methoxy groups -OCH3 is 1. The highest BCUT2D eigenvalue weighted by molar-refractivity contribution is 6.01. The first-order chi connectivity index (χ1) is 10.7. The molecule has 0 saturated carbocycles. The Morgan fingerprint density at radius 3 is 2.59 bits per heavy atom. The van der Waals surface area contributed by atoms with Gasteiger partial charge in [0.05, 0.1) is 12.7 Å². The van der Waals surface area contributed by atoms with Crippen LogP contribution in [0, 0.1) is 0 Å². The average molecular weight is 310 g/mol. The van der Waals surface area contributed by atoms with Crippen LogP contribution < -0.4 is 5.32 Å². The van der Waals surface area contributed by atoms with Crippen LogP contribution in [0.1, 0.15) is 32.5 Å². The minimum absolute atomic E-state index is 0.205. The Labute approximate surface area is 129 Å². The number of carbonyl (C=O) groups is 3. The largest absolute Gasteiger partial charge is 0.479 e. The third kappa shape index (κ3) is 5.08. The van der Waals surface area contributed by atoms with E-state index in [9.17, 15) is 19.5 Å². The fraction of sp³-hybridized carbons (Fsp3) is 0.400. The Bertz CT molecular complexity index is 601. The second-order valence-corrected chi connectivity index (χ2v) is 5.17. The molecule has 0 saturated heterocycles. The standard InChI is InChI=1S/C15H19NO6/c1-15(2,3)22-14(20)11(12(17)18)16-10-7-5-6-9(8-10)13(19)21-4/h5-8,11,16H,1-4H3,(H,17,18)/i1D. The molecule has 7 heteroatoms. The van der Waals surface area contributed by atoms with E-state index in [0.717, 1.165) is 0 Å². The number of rotatable bonds is 5. The van der Waals surface area contributed by atoms with E-state index in [1.54, 1.807) is 0 Å². The fourth-order valence-electron chi connectivity index (χ4n) is 1.57. The van der Waals surface area contributed by atoms with Gasteiger partial charge in [-0.3, -0.25) is 0 Å². The number of carboxylic acid groups (broad SMARTS) is 1. The van der Waals surface area contributed by atoms with E-state index in [0.29, 0.717) is 0 Å². The monoisotopic (exact) mass is 310 g/mol. The summed E-state index contributed by atoms with van der Waals surface area (Å²) in [5, 5.41) is 11.7. The zero-order valence-corrected chi connectivity index (χ0v) is 12.6. The van der Waals surface area contributed by atoms with Crippen LogP contribution in [0.2, 0.25) is 0 Å². The van der Waals surface area contributed by atoms with E-state index in [1.807, 2.05) is 0 Å². The van der Waals surface area contributed by atoms with Crippen molar-refractivity contribution in [3.05, 3.63) is 29.8 Å². The third-order valence-corrected chi connectivity index (χ3v) is 2.45. The number of esters is 2. The van der Waals surface area contributed by atoms with Gasteiger partial charge in [0.15, 0.2) is 0 Å². The maximum absolute atomic E-state index is 12.0. The second kappa shape index (κ2) is 6.93. The first-order valence-corrected chi connectivity index (χ1v) is 6.40. The van der Waals surface area contributed by atoms with Crippen molar-refractivity contribution in [3.8, 4) is 0 Å². The highest BCUT2D eigenvalue weighted by Gasteiger charge is 2.31. The molecule has 0 aliphatic rings. The minimum Gasteiger partial charge on any atom is -0.479 e. The molecule has 1 aromatic carbocycles. The minimum atomic E-state index is -1.66. The predicted octanol–water partition coefficient (Wildman–Crippen LogP) is 1.68. The van der Waals surface area contributed by atoms with Crippen LogP contribution >= 0.6 is 0 Å². The zero-order chi connectivity index (χ0) is 17.6. The number of anilines is 1. The maximum Gasteiger partial charge on any atom is 0.340 e. The van der Waals surface area contributed by atoms with Gasteiger partial charge in [0.1, 0.15) is 5.60 Å². The van der Waals surface area contributed by atoms with Crippen LogP contribution in [0.4, 0.5) is 5.69 Å². The van der Waals surface area contributed by atoms with Crippen LogP contribution in [-0.2, 0) is 19.1 Å². The smallest absolute Gasteiger partial charge is 0.340 e. The molecule has 1 aromatic rings. The molecule has 0 fully saturated rings. The summed E-state index contributed by atoms with van der Waals surface area (Å²) >= 11 is 0. The molecule has 7 nitrogen and oxygen atoms in total. The molecule has 1 rings (SSSR count). The molecule has 0 spiro atoms. The zero-order valence-electron chi connectivity index (χ0n) is 13.6. The Morgan fingerprint density at radius 1 is 1.36 bits per heavy atom. The summed E-state index contributed by atoms with van der Waals surface area (Å²) < 4.78 is 16.9. The molecule has 0 bridgehead atoms. The molecular formula is C15H19NO6. The third-order valence-electron chi connectivity index (χ3n) is 2.45. The summed E-state index contributed by atoms with van der Waals surface area (Å²) in [6.45, 7) is 2.81. The van der Waals surface area contributed by atoms with Gasteiger partial charge in [-0.1, -0.05) is 6.07 Å². The molecule has 0 aliphatic carbocycles. The second-order valence-electron chi connectivity index (χ2n) is 5.17. The van der Waals surface area contributed by atoms with Crippen molar-refractivity contribution in [2.45, 2.75) is 32.4 Å². The van der Waals surface area contributed by atoms with E-state index in [2.05, 4.69) is 10.1 Å². The summed E-state index contributed by atoms with van der Waals surface area (Å²) in [6, 6.07) is 4.23. The summed E-state index contributed by atoms with van der Waals surface area (Å²) in [5.41, 5.74) is -0.636. The van der Waals surface area contributed by atoms with E-state index in [1.165, 1.54) is 45.2 Å². The molecule has 0 amide bonds. The normalized spacial score (nSPS) is 12.8. The van der Waals surface area contributed by atoms with Gasteiger partial charge in [0.2, 0.25) is 6.04 Å². The van der Waals surface area contributed by atoms with Crippen molar-refractivity contribution in [3.63, 3.8) is 0 Å². The van der Waals surface area contributed by atoms with E-state index < -0.39 is 29.6 Å². The number of carbonyl (C=O) groups excluding carboxylic acids is 2. The highest BCUT2D eigenvalue weighted by atomic mass is 16.6. The van der Waals surface area contributed by atoms with E-state index in [4.69, 9.17) is 6.11 Å². The molecular weight excluding hydrogens is 290 g/mol. The van der Waals surface area contributed by atoms with Crippen LogP contribution in [0.5, 0.6) is 0 Å². The average Bonchev–Trinajstić information content (AvgIpc) is 2.51. The SMILES string of the molecule is [2H]CC(C)(C)OC(=O)C(Nc1cccc(C(=O)OC)c1)C(=O)O. The summed E-state index contributed by atoms with van der Waals surface area (Å²) in [5.74, 6) is -3.03. The van der Waals surface area contributed by atoms with Crippen LogP contribution in [0.15, 0.2) is 24.3 Å². The molecule has 0 aliphatic heterocycles. The lowest BCUT2D eigenvalue weighted by molar-refractivity contribution is -0.160. The fourth-order valence-corrected chi connectivity index (χ4v) is 1.57. The van der Waals surface area contributed by atoms with Crippen molar-refractivity contribution in [2.24, 2.45) is 0 Å². The molecule has 1 atom stereocenters.